The molecule has 33 heavy (non-hydrogen) atoms. The number of carbonyl (C=O) groups excluding carboxylic acids is 2. The molecule has 1 saturated heterocycles. The van der Waals surface area contributed by atoms with E-state index in [9.17, 15) is 14.0 Å². The van der Waals surface area contributed by atoms with E-state index in [2.05, 4.69) is 15.3 Å². The lowest BCUT2D eigenvalue weighted by molar-refractivity contribution is -0.121. The number of aromatic nitrogens is 2. The Labute approximate surface area is 193 Å². The predicted molar refractivity (Wildman–Crippen MR) is 125 cm³/mol. The molecule has 1 atom stereocenters. The second kappa shape index (κ2) is 10.1. The molecular formula is C26H29FN4O2. The number of nitrogens with zero attached hydrogens (tertiary/aromatic N) is 3. The van der Waals surface area contributed by atoms with Crippen LogP contribution >= 0.6 is 0 Å². The van der Waals surface area contributed by atoms with Crippen LogP contribution in [0.3, 0.4) is 0 Å². The third-order valence-corrected chi connectivity index (χ3v) is 6.34. The molecular weight excluding hydrogens is 419 g/mol. The van der Waals surface area contributed by atoms with E-state index >= 15 is 0 Å². The van der Waals surface area contributed by atoms with Crippen LogP contribution in [0.5, 0.6) is 0 Å². The Balaban J connectivity index is 1.32. The largest absolute Gasteiger partial charge is 0.352 e. The van der Waals surface area contributed by atoms with Crippen LogP contribution in [0.1, 0.15) is 53.0 Å². The van der Waals surface area contributed by atoms with Crippen LogP contribution in [0.15, 0.2) is 42.5 Å². The number of benzene rings is 2. The number of amides is 2. The Morgan fingerprint density at radius 2 is 1.85 bits per heavy atom. The second-order valence-corrected chi connectivity index (χ2v) is 8.76. The molecule has 1 aromatic heterocycles. The SMILES string of the molecule is Cc1nc2ccc(C(=O)N3CCC[C@@H](CCC(=O)NCc4ccccc4F)C3)cc2nc1C. The lowest BCUT2D eigenvalue weighted by Crippen LogP contribution is -2.40. The fourth-order valence-corrected chi connectivity index (χ4v) is 4.29. The van der Waals surface area contributed by atoms with Gasteiger partial charge < -0.3 is 10.2 Å². The molecule has 4 rings (SSSR count). The Morgan fingerprint density at radius 3 is 2.64 bits per heavy atom. The van der Waals surface area contributed by atoms with Crippen molar-refractivity contribution < 1.29 is 14.0 Å². The highest BCUT2D eigenvalue weighted by Crippen LogP contribution is 2.23. The molecule has 3 aromatic rings. The van der Waals surface area contributed by atoms with Crippen molar-refractivity contribution in [3.8, 4) is 0 Å². The Morgan fingerprint density at radius 1 is 1.09 bits per heavy atom. The molecule has 7 heteroatoms. The maximum atomic E-state index is 13.7. The summed E-state index contributed by atoms with van der Waals surface area (Å²) in [5, 5.41) is 2.79. The number of nitrogens with one attached hydrogen (secondary N) is 1. The lowest BCUT2D eigenvalue weighted by atomic mass is 9.92. The normalized spacial score (nSPS) is 16.1. The molecule has 6 nitrogen and oxygen atoms in total. The van der Waals surface area contributed by atoms with Gasteiger partial charge in [0.2, 0.25) is 5.91 Å². The van der Waals surface area contributed by atoms with Crippen LogP contribution in [0, 0.1) is 25.6 Å². The fourth-order valence-electron chi connectivity index (χ4n) is 4.29. The van der Waals surface area contributed by atoms with Gasteiger partial charge in [-0.1, -0.05) is 18.2 Å². The molecule has 2 aromatic carbocycles. The molecule has 172 valence electrons. The summed E-state index contributed by atoms with van der Waals surface area (Å²) in [6.07, 6.45) is 2.98. The zero-order chi connectivity index (χ0) is 23.4. The van der Waals surface area contributed by atoms with Crippen molar-refractivity contribution in [3.63, 3.8) is 0 Å². The zero-order valence-electron chi connectivity index (χ0n) is 19.1. The molecule has 1 N–H and O–H groups in total. The van der Waals surface area contributed by atoms with Gasteiger partial charge in [-0.15, -0.1) is 0 Å². The number of likely N-dealkylation sites (tertiary alicyclic amines) is 1. The van der Waals surface area contributed by atoms with Gasteiger partial charge >= 0.3 is 0 Å². The molecule has 1 fully saturated rings. The number of piperidine rings is 1. The predicted octanol–water partition coefficient (Wildman–Crippen LogP) is 4.33. The first-order valence-corrected chi connectivity index (χ1v) is 11.4. The molecule has 0 aliphatic carbocycles. The minimum Gasteiger partial charge on any atom is -0.352 e. The Bertz CT molecular complexity index is 1180. The van der Waals surface area contributed by atoms with Crippen molar-refractivity contribution >= 4 is 22.8 Å². The maximum absolute atomic E-state index is 13.7. The summed E-state index contributed by atoms with van der Waals surface area (Å²) < 4.78 is 13.7. The minimum atomic E-state index is -0.316. The monoisotopic (exact) mass is 448 g/mol. The van der Waals surface area contributed by atoms with Gasteiger partial charge in [0.15, 0.2) is 0 Å². The number of fused-ring (bicyclic) bond motifs is 1. The highest BCUT2D eigenvalue weighted by atomic mass is 19.1. The molecule has 1 aliphatic heterocycles. The number of carbonyl (C=O) groups is 2. The summed E-state index contributed by atoms with van der Waals surface area (Å²) >= 11 is 0. The molecule has 2 heterocycles. The third kappa shape index (κ3) is 5.53. The van der Waals surface area contributed by atoms with E-state index in [-0.39, 0.29) is 30.1 Å². The van der Waals surface area contributed by atoms with Gasteiger partial charge in [-0.05, 0) is 63.3 Å². The number of rotatable bonds is 6. The number of hydrogen-bond donors (Lipinski definition) is 1. The Hall–Kier alpha value is -3.35. The topological polar surface area (TPSA) is 75.2 Å². The minimum absolute atomic E-state index is 0.00867. The molecule has 0 saturated carbocycles. The molecule has 0 unspecified atom stereocenters. The summed E-state index contributed by atoms with van der Waals surface area (Å²) in [4.78, 5) is 36.4. The zero-order valence-corrected chi connectivity index (χ0v) is 19.1. The van der Waals surface area contributed by atoms with Crippen LogP contribution in [0.25, 0.3) is 11.0 Å². The first kappa shape index (κ1) is 22.8. The molecule has 1 aliphatic rings. The summed E-state index contributed by atoms with van der Waals surface area (Å²) in [5.41, 5.74) is 4.35. The van der Waals surface area contributed by atoms with Crippen LogP contribution in [-0.4, -0.2) is 39.8 Å². The third-order valence-electron chi connectivity index (χ3n) is 6.34. The standard InChI is InChI=1S/C26H29FN4O2/c1-17-18(2)30-24-14-20(10-11-23(24)29-17)26(33)31-13-5-6-19(16-31)9-12-25(32)28-15-21-7-3-4-8-22(21)27/h3-4,7-8,10-11,14,19H,5-6,9,12-13,15-16H2,1-2H3,(H,28,32)/t19-/m0/s1. The summed E-state index contributed by atoms with van der Waals surface area (Å²) in [7, 11) is 0. The average molecular weight is 449 g/mol. The van der Waals surface area contributed by atoms with E-state index in [1.54, 1.807) is 18.2 Å². The summed E-state index contributed by atoms with van der Waals surface area (Å²) in [6, 6.07) is 11.9. The number of aryl methyl sites for hydroxylation is 2. The van der Waals surface area contributed by atoms with E-state index < -0.39 is 0 Å². The maximum Gasteiger partial charge on any atom is 0.253 e. The van der Waals surface area contributed by atoms with Gasteiger partial charge in [-0.25, -0.2) is 14.4 Å². The Kier molecular flexibility index (Phi) is 6.96. The number of hydrogen-bond acceptors (Lipinski definition) is 4. The van der Waals surface area contributed by atoms with Gasteiger partial charge in [0, 0.05) is 37.2 Å². The van der Waals surface area contributed by atoms with Crippen molar-refractivity contribution in [2.45, 2.75) is 46.1 Å². The molecule has 0 radical (unpaired) electrons. The first-order chi connectivity index (χ1) is 15.9. The highest BCUT2D eigenvalue weighted by Gasteiger charge is 2.25. The van der Waals surface area contributed by atoms with Crippen molar-refractivity contribution in [2.75, 3.05) is 13.1 Å². The highest BCUT2D eigenvalue weighted by molar-refractivity contribution is 5.97. The van der Waals surface area contributed by atoms with E-state index in [0.29, 0.717) is 37.1 Å². The van der Waals surface area contributed by atoms with E-state index in [4.69, 9.17) is 0 Å². The van der Waals surface area contributed by atoms with Crippen molar-refractivity contribution in [2.24, 2.45) is 5.92 Å². The van der Waals surface area contributed by atoms with Crippen molar-refractivity contribution in [1.29, 1.82) is 0 Å². The van der Waals surface area contributed by atoms with Crippen LogP contribution in [-0.2, 0) is 11.3 Å². The first-order valence-electron chi connectivity index (χ1n) is 11.4. The number of halogens is 1. The van der Waals surface area contributed by atoms with Gasteiger partial charge in [0.25, 0.3) is 5.91 Å². The summed E-state index contributed by atoms with van der Waals surface area (Å²) in [6.45, 7) is 5.37. The van der Waals surface area contributed by atoms with Gasteiger partial charge in [0.05, 0.1) is 22.4 Å². The second-order valence-electron chi connectivity index (χ2n) is 8.76. The quantitative estimate of drug-likeness (QED) is 0.609. The van der Waals surface area contributed by atoms with Gasteiger partial charge in [0.1, 0.15) is 5.82 Å². The average Bonchev–Trinajstić information content (AvgIpc) is 2.82. The van der Waals surface area contributed by atoms with Crippen molar-refractivity contribution in [1.82, 2.24) is 20.2 Å². The fraction of sp³-hybridized carbons (Fsp3) is 0.385. The van der Waals surface area contributed by atoms with E-state index in [1.165, 1.54) is 6.07 Å². The van der Waals surface area contributed by atoms with Crippen LogP contribution in [0.4, 0.5) is 4.39 Å². The summed E-state index contributed by atoms with van der Waals surface area (Å²) in [5.74, 6) is -0.151. The van der Waals surface area contributed by atoms with Crippen molar-refractivity contribution in [3.05, 3.63) is 70.8 Å². The van der Waals surface area contributed by atoms with E-state index in [0.717, 1.165) is 35.3 Å². The van der Waals surface area contributed by atoms with E-state index in [1.807, 2.05) is 36.9 Å². The smallest absolute Gasteiger partial charge is 0.253 e. The molecule has 0 spiro atoms. The van der Waals surface area contributed by atoms with Crippen LogP contribution in [0.2, 0.25) is 0 Å². The molecule has 0 bridgehead atoms. The van der Waals surface area contributed by atoms with Gasteiger partial charge in [-0.3, -0.25) is 9.59 Å². The lowest BCUT2D eigenvalue weighted by Gasteiger charge is -2.33. The molecule has 2 amide bonds. The van der Waals surface area contributed by atoms with Gasteiger partial charge in [-0.2, -0.15) is 0 Å². The van der Waals surface area contributed by atoms with Crippen LogP contribution < -0.4 is 5.32 Å².